The molecule has 0 saturated heterocycles. The molecule has 0 aliphatic rings. The summed E-state index contributed by atoms with van der Waals surface area (Å²) in [4.78, 5) is 15.9. The second kappa shape index (κ2) is 5.43. The van der Waals surface area contributed by atoms with Crippen molar-refractivity contribution in [3.63, 3.8) is 0 Å². The average molecular weight is 263 g/mol. The van der Waals surface area contributed by atoms with Gasteiger partial charge in [-0.1, -0.05) is 6.07 Å². The molecule has 0 radical (unpaired) electrons. The molecule has 1 heterocycles. The van der Waals surface area contributed by atoms with Crippen LogP contribution in [0.15, 0.2) is 36.7 Å². The fourth-order valence-corrected chi connectivity index (χ4v) is 1.58. The highest BCUT2D eigenvalue weighted by atomic mass is 19.2. The number of nitrogens with one attached hydrogen (secondary N) is 2. The summed E-state index contributed by atoms with van der Waals surface area (Å²) in [5.74, 6) is -2.64. The van der Waals surface area contributed by atoms with Crippen molar-refractivity contribution in [1.29, 1.82) is 0 Å². The Morgan fingerprint density at radius 1 is 1.21 bits per heavy atom. The molecule has 6 heteroatoms. The summed E-state index contributed by atoms with van der Waals surface area (Å²) in [6.07, 6.45) is 2.91. The molecule has 0 spiro atoms. The molecular formula is C13H11F2N3O. The maximum Gasteiger partial charge on any atom is 0.257 e. The predicted molar refractivity (Wildman–Crippen MR) is 68.1 cm³/mol. The SMILES string of the molecule is CNc1cnccc1C(=O)Nc1cccc(F)c1F. The molecule has 1 aromatic carbocycles. The van der Waals surface area contributed by atoms with Crippen molar-refractivity contribution < 1.29 is 13.6 Å². The topological polar surface area (TPSA) is 54.0 Å². The van der Waals surface area contributed by atoms with Crippen LogP contribution in [-0.2, 0) is 0 Å². The molecule has 98 valence electrons. The Kier molecular flexibility index (Phi) is 3.70. The smallest absolute Gasteiger partial charge is 0.257 e. The lowest BCUT2D eigenvalue weighted by molar-refractivity contribution is 0.102. The number of anilines is 2. The van der Waals surface area contributed by atoms with E-state index in [2.05, 4.69) is 15.6 Å². The number of amides is 1. The van der Waals surface area contributed by atoms with E-state index in [0.29, 0.717) is 11.3 Å². The number of halogens is 2. The molecule has 0 saturated carbocycles. The van der Waals surface area contributed by atoms with E-state index in [9.17, 15) is 13.6 Å². The van der Waals surface area contributed by atoms with Crippen LogP contribution in [0, 0.1) is 11.6 Å². The third-order valence-corrected chi connectivity index (χ3v) is 2.53. The number of benzene rings is 1. The quantitative estimate of drug-likeness (QED) is 0.895. The summed E-state index contributed by atoms with van der Waals surface area (Å²) in [6.45, 7) is 0. The molecule has 0 aliphatic carbocycles. The van der Waals surface area contributed by atoms with E-state index < -0.39 is 17.5 Å². The Morgan fingerprint density at radius 3 is 2.74 bits per heavy atom. The summed E-state index contributed by atoms with van der Waals surface area (Å²) >= 11 is 0. The zero-order valence-electron chi connectivity index (χ0n) is 10.1. The molecule has 0 bridgehead atoms. The Labute approximate surface area is 108 Å². The fraction of sp³-hybridized carbons (Fsp3) is 0.0769. The second-order valence-corrected chi connectivity index (χ2v) is 3.73. The number of hydrogen-bond acceptors (Lipinski definition) is 3. The first-order valence-electron chi connectivity index (χ1n) is 5.50. The van der Waals surface area contributed by atoms with E-state index in [-0.39, 0.29) is 5.69 Å². The van der Waals surface area contributed by atoms with Crippen molar-refractivity contribution in [3.8, 4) is 0 Å². The van der Waals surface area contributed by atoms with Crippen molar-refractivity contribution in [1.82, 2.24) is 4.98 Å². The van der Waals surface area contributed by atoms with Crippen molar-refractivity contribution >= 4 is 17.3 Å². The lowest BCUT2D eigenvalue weighted by Crippen LogP contribution is -2.15. The van der Waals surface area contributed by atoms with E-state index in [1.54, 1.807) is 7.05 Å². The normalized spacial score (nSPS) is 10.1. The van der Waals surface area contributed by atoms with Crippen molar-refractivity contribution in [2.45, 2.75) is 0 Å². The van der Waals surface area contributed by atoms with E-state index >= 15 is 0 Å². The Balaban J connectivity index is 2.28. The van der Waals surface area contributed by atoms with Gasteiger partial charge in [-0.2, -0.15) is 0 Å². The zero-order valence-corrected chi connectivity index (χ0v) is 10.1. The summed E-state index contributed by atoms with van der Waals surface area (Å²) in [7, 11) is 1.64. The lowest BCUT2D eigenvalue weighted by Gasteiger charge is -2.09. The Hall–Kier alpha value is -2.50. The second-order valence-electron chi connectivity index (χ2n) is 3.73. The van der Waals surface area contributed by atoms with Gasteiger partial charge in [0.1, 0.15) is 0 Å². The zero-order chi connectivity index (χ0) is 13.8. The van der Waals surface area contributed by atoms with Crippen molar-refractivity contribution in [2.24, 2.45) is 0 Å². The van der Waals surface area contributed by atoms with E-state index in [4.69, 9.17) is 0 Å². The van der Waals surface area contributed by atoms with Gasteiger partial charge in [-0.25, -0.2) is 8.78 Å². The molecule has 2 N–H and O–H groups in total. The molecule has 2 aromatic rings. The van der Waals surface area contributed by atoms with Gasteiger partial charge >= 0.3 is 0 Å². The van der Waals surface area contributed by atoms with Crippen molar-refractivity contribution in [2.75, 3.05) is 17.7 Å². The number of aromatic nitrogens is 1. The molecule has 0 fully saturated rings. The van der Waals surface area contributed by atoms with Crippen LogP contribution in [0.2, 0.25) is 0 Å². The monoisotopic (exact) mass is 263 g/mol. The highest BCUT2D eigenvalue weighted by Crippen LogP contribution is 2.19. The summed E-state index contributed by atoms with van der Waals surface area (Å²) in [5, 5.41) is 5.12. The molecule has 4 nitrogen and oxygen atoms in total. The number of nitrogens with zero attached hydrogens (tertiary/aromatic N) is 1. The molecule has 0 aliphatic heterocycles. The number of carbonyl (C=O) groups excluding carboxylic acids is 1. The largest absolute Gasteiger partial charge is 0.386 e. The molecular weight excluding hydrogens is 252 g/mol. The predicted octanol–water partition coefficient (Wildman–Crippen LogP) is 2.65. The van der Waals surface area contributed by atoms with Crippen LogP contribution in [0.4, 0.5) is 20.2 Å². The fourth-order valence-electron chi connectivity index (χ4n) is 1.58. The van der Waals surface area contributed by atoms with E-state index in [1.165, 1.54) is 30.6 Å². The minimum absolute atomic E-state index is 0.205. The van der Waals surface area contributed by atoms with Gasteiger partial charge in [0.25, 0.3) is 5.91 Å². The van der Waals surface area contributed by atoms with Crippen LogP contribution < -0.4 is 10.6 Å². The van der Waals surface area contributed by atoms with Gasteiger partial charge in [0.2, 0.25) is 0 Å². The number of pyridine rings is 1. The van der Waals surface area contributed by atoms with Gasteiger partial charge in [0.15, 0.2) is 11.6 Å². The third-order valence-electron chi connectivity index (χ3n) is 2.53. The van der Waals surface area contributed by atoms with Crippen LogP contribution in [-0.4, -0.2) is 17.9 Å². The molecule has 1 aromatic heterocycles. The molecule has 19 heavy (non-hydrogen) atoms. The Morgan fingerprint density at radius 2 is 2.00 bits per heavy atom. The van der Waals surface area contributed by atoms with E-state index in [0.717, 1.165) is 6.07 Å². The first-order chi connectivity index (χ1) is 9.13. The highest BCUT2D eigenvalue weighted by molar-refractivity contribution is 6.07. The van der Waals surface area contributed by atoms with Gasteiger partial charge in [0, 0.05) is 13.2 Å². The Bertz CT molecular complexity index is 617. The summed E-state index contributed by atoms with van der Waals surface area (Å²) in [6, 6.07) is 5.07. The number of rotatable bonds is 3. The first-order valence-corrected chi connectivity index (χ1v) is 5.50. The number of carbonyl (C=O) groups is 1. The van der Waals surface area contributed by atoms with Gasteiger partial charge in [0.05, 0.1) is 23.1 Å². The van der Waals surface area contributed by atoms with Crippen LogP contribution in [0.25, 0.3) is 0 Å². The molecule has 0 unspecified atom stereocenters. The lowest BCUT2D eigenvalue weighted by atomic mass is 10.2. The van der Waals surface area contributed by atoms with Crippen molar-refractivity contribution in [3.05, 3.63) is 53.9 Å². The minimum Gasteiger partial charge on any atom is -0.386 e. The van der Waals surface area contributed by atoms with Gasteiger partial charge in [-0.15, -0.1) is 0 Å². The maximum atomic E-state index is 13.4. The molecule has 1 amide bonds. The summed E-state index contributed by atoms with van der Waals surface area (Å²) < 4.78 is 26.5. The first kappa shape index (κ1) is 12.9. The van der Waals surface area contributed by atoms with Crippen LogP contribution >= 0.6 is 0 Å². The van der Waals surface area contributed by atoms with Crippen LogP contribution in [0.5, 0.6) is 0 Å². The van der Waals surface area contributed by atoms with Gasteiger partial charge in [-0.05, 0) is 18.2 Å². The minimum atomic E-state index is -1.09. The summed E-state index contributed by atoms with van der Waals surface area (Å²) in [5.41, 5.74) is 0.585. The van der Waals surface area contributed by atoms with E-state index in [1.807, 2.05) is 0 Å². The molecule has 0 atom stereocenters. The molecule has 2 rings (SSSR count). The highest BCUT2D eigenvalue weighted by Gasteiger charge is 2.14. The van der Waals surface area contributed by atoms with Crippen LogP contribution in [0.1, 0.15) is 10.4 Å². The third kappa shape index (κ3) is 2.67. The number of hydrogen-bond donors (Lipinski definition) is 2. The standard InChI is InChI=1S/C13H11F2N3O/c1-16-11-7-17-6-5-8(11)13(19)18-10-4-2-3-9(14)12(10)15/h2-7,16H,1H3,(H,18,19). The average Bonchev–Trinajstić information content (AvgIpc) is 2.43. The van der Waals surface area contributed by atoms with Gasteiger partial charge < -0.3 is 10.6 Å². The van der Waals surface area contributed by atoms with Gasteiger partial charge in [-0.3, -0.25) is 9.78 Å². The van der Waals surface area contributed by atoms with Crippen LogP contribution in [0.3, 0.4) is 0 Å². The maximum absolute atomic E-state index is 13.4.